The summed E-state index contributed by atoms with van der Waals surface area (Å²) in [5, 5.41) is 0. The first-order valence-corrected chi connectivity index (χ1v) is 6.15. The predicted octanol–water partition coefficient (Wildman–Crippen LogP) is 3.45. The lowest BCUT2D eigenvalue weighted by atomic mass is 9.70. The Morgan fingerprint density at radius 2 is 1.94 bits per heavy atom. The van der Waals surface area contributed by atoms with E-state index in [0.717, 1.165) is 37.3 Å². The molecule has 0 amide bonds. The molecular weight excluding hydrogens is 236 g/mol. The Morgan fingerprint density at radius 1 is 1.33 bits per heavy atom. The summed E-state index contributed by atoms with van der Waals surface area (Å²) in [6, 6.07) is 3.14. The standard InChI is InChI=1S/C14H19F2NO/c1-9-5-6-10(13(2,15)16)12(18-3)11(9)14(17)7-4-8-14/h5-6H,4,7-8,17H2,1-3H3. The van der Waals surface area contributed by atoms with Crippen molar-refractivity contribution in [2.75, 3.05) is 7.11 Å². The van der Waals surface area contributed by atoms with Crippen molar-refractivity contribution >= 4 is 0 Å². The van der Waals surface area contributed by atoms with E-state index in [0.29, 0.717) is 0 Å². The molecule has 1 saturated carbocycles. The molecule has 0 unspecified atom stereocenters. The van der Waals surface area contributed by atoms with Gasteiger partial charge in [0.25, 0.3) is 5.92 Å². The number of rotatable bonds is 3. The molecule has 0 spiro atoms. The maximum atomic E-state index is 13.6. The minimum Gasteiger partial charge on any atom is -0.496 e. The van der Waals surface area contributed by atoms with Crippen LogP contribution in [0.3, 0.4) is 0 Å². The molecule has 0 radical (unpaired) electrons. The summed E-state index contributed by atoms with van der Waals surface area (Å²) in [4.78, 5) is 0. The van der Waals surface area contributed by atoms with Crippen LogP contribution in [0.15, 0.2) is 12.1 Å². The van der Waals surface area contributed by atoms with Gasteiger partial charge in [-0.15, -0.1) is 0 Å². The highest BCUT2D eigenvalue weighted by atomic mass is 19.3. The van der Waals surface area contributed by atoms with Gasteiger partial charge in [0.1, 0.15) is 5.75 Å². The van der Waals surface area contributed by atoms with E-state index in [4.69, 9.17) is 10.5 Å². The predicted molar refractivity (Wildman–Crippen MR) is 67.0 cm³/mol. The maximum Gasteiger partial charge on any atom is 0.274 e. The van der Waals surface area contributed by atoms with Crippen molar-refractivity contribution in [2.45, 2.75) is 44.6 Å². The van der Waals surface area contributed by atoms with Crippen molar-refractivity contribution in [3.8, 4) is 5.75 Å². The highest BCUT2D eigenvalue weighted by Gasteiger charge is 2.41. The minimum absolute atomic E-state index is 0.0812. The number of methoxy groups -OCH3 is 1. The summed E-state index contributed by atoms with van der Waals surface area (Å²) < 4.78 is 32.5. The number of hydrogen-bond acceptors (Lipinski definition) is 2. The number of halogens is 2. The number of benzene rings is 1. The first-order chi connectivity index (χ1) is 8.29. The molecule has 0 aromatic heterocycles. The zero-order valence-corrected chi connectivity index (χ0v) is 11.0. The van der Waals surface area contributed by atoms with E-state index in [2.05, 4.69) is 0 Å². The molecule has 0 aliphatic heterocycles. The molecular formula is C14H19F2NO. The number of alkyl halides is 2. The molecule has 0 bridgehead atoms. The van der Waals surface area contributed by atoms with E-state index in [9.17, 15) is 8.78 Å². The molecule has 1 aromatic rings. The molecule has 4 heteroatoms. The molecule has 2 N–H and O–H groups in total. The molecule has 1 fully saturated rings. The van der Waals surface area contributed by atoms with Crippen LogP contribution < -0.4 is 10.5 Å². The van der Waals surface area contributed by atoms with Gasteiger partial charge < -0.3 is 10.5 Å². The van der Waals surface area contributed by atoms with E-state index < -0.39 is 11.5 Å². The Hall–Kier alpha value is -1.16. The normalized spacial score (nSPS) is 18.3. The first kappa shape index (κ1) is 13.3. The number of aryl methyl sites for hydroxylation is 1. The molecule has 1 aliphatic rings. The third-order valence-electron chi connectivity index (χ3n) is 3.79. The minimum atomic E-state index is -2.92. The van der Waals surface area contributed by atoms with Crippen LogP contribution in [0.1, 0.15) is 42.9 Å². The van der Waals surface area contributed by atoms with Crippen LogP contribution in [-0.2, 0) is 11.5 Å². The summed E-state index contributed by atoms with van der Waals surface area (Å²) in [5.41, 5.74) is 7.37. The van der Waals surface area contributed by atoms with E-state index in [1.807, 2.05) is 6.92 Å². The van der Waals surface area contributed by atoms with Crippen molar-refractivity contribution in [1.29, 1.82) is 0 Å². The summed E-state index contributed by atoms with van der Waals surface area (Å²) >= 11 is 0. The van der Waals surface area contributed by atoms with Gasteiger partial charge in [0.2, 0.25) is 0 Å². The van der Waals surface area contributed by atoms with Crippen LogP contribution in [0.4, 0.5) is 8.78 Å². The smallest absolute Gasteiger partial charge is 0.274 e. The van der Waals surface area contributed by atoms with Crippen molar-refractivity contribution in [2.24, 2.45) is 5.73 Å². The third kappa shape index (κ3) is 1.99. The lowest BCUT2D eigenvalue weighted by Crippen LogP contribution is -2.44. The Bertz CT molecular complexity index is 462. The first-order valence-electron chi connectivity index (χ1n) is 6.15. The van der Waals surface area contributed by atoms with Gasteiger partial charge in [0.15, 0.2) is 0 Å². The van der Waals surface area contributed by atoms with Gasteiger partial charge in [-0.25, -0.2) is 8.78 Å². The number of ether oxygens (including phenoxy) is 1. The molecule has 0 atom stereocenters. The van der Waals surface area contributed by atoms with Crippen LogP contribution in [0.2, 0.25) is 0 Å². The summed E-state index contributed by atoms with van der Waals surface area (Å²) in [6.45, 7) is 2.77. The van der Waals surface area contributed by atoms with E-state index in [1.165, 1.54) is 13.2 Å². The Balaban J connectivity index is 2.64. The van der Waals surface area contributed by atoms with E-state index >= 15 is 0 Å². The van der Waals surface area contributed by atoms with Gasteiger partial charge in [-0.3, -0.25) is 0 Å². The third-order valence-corrected chi connectivity index (χ3v) is 3.79. The Labute approximate surface area is 106 Å². The highest BCUT2D eigenvalue weighted by Crippen LogP contribution is 2.48. The fourth-order valence-corrected chi connectivity index (χ4v) is 2.67. The average molecular weight is 255 g/mol. The van der Waals surface area contributed by atoms with Gasteiger partial charge >= 0.3 is 0 Å². The van der Waals surface area contributed by atoms with Crippen LogP contribution in [0.5, 0.6) is 5.75 Å². The SMILES string of the molecule is COc1c(C(C)(F)F)ccc(C)c1C1(N)CCC1. The Kier molecular flexibility index (Phi) is 3.09. The van der Waals surface area contributed by atoms with Gasteiger partial charge in [0, 0.05) is 18.0 Å². The van der Waals surface area contributed by atoms with Crippen molar-refractivity contribution in [3.05, 3.63) is 28.8 Å². The van der Waals surface area contributed by atoms with Crippen LogP contribution in [0, 0.1) is 6.92 Å². The summed E-state index contributed by atoms with van der Waals surface area (Å²) in [6.07, 6.45) is 2.68. The second-order valence-electron chi connectivity index (χ2n) is 5.24. The number of hydrogen-bond donors (Lipinski definition) is 1. The van der Waals surface area contributed by atoms with Gasteiger partial charge in [-0.1, -0.05) is 6.07 Å². The molecule has 1 aliphatic carbocycles. The lowest BCUT2D eigenvalue weighted by molar-refractivity contribution is 0.0146. The van der Waals surface area contributed by atoms with Gasteiger partial charge in [-0.2, -0.15) is 0 Å². The summed E-state index contributed by atoms with van der Waals surface area (Å²) in [5.74, 6) is -2.67. The van der Waals surface area contributed by atoms with Gasteiger partial charge in [-0.05, 0) is 37.8 Å². The molecule has 100 valence electrons. The average Bonchev–Trinajstić information content (AvgIpc) is 2.23. The number of nitrogens with two attached hydrogens (primary N) is 1. The fraction of sp³-hybridized carbons (Fsp3) is 0.571. The molecule has 18 heavy (non-hydrogen) atoms. The molecule has 0 saturated heterocycles. The van der Waals surface area contributed by atoms with Crippen molar-refractivity contribution < 1.29 is 13.5 Å². The largest absolute Gasteiger partial charge is 0.496 e. The zero-order chi connectivity index (χ0) is 13.6. The van der Waals surface area contributed by atoms with Crippen LogP contribution >= 0.6 is 0 Å². The van der Waals surface area contributed by atoms with E-state index in [-0.39, 0.29) is 11.3 Å². The highest BCUT2D eigenvalue weighted by molar-refractivity contribution is 5.52. The Morgan fingerprint density at radius 3 is 2.33 bits per heavy atom. The second kappa shape index (κ2) is 4.19. The van der Waals surface area contributed by atoms with Crippen LogP contribution in [-0.4, -0.2) is 7.11 Å². The van der Waals surface area contributed by atoms with E-state index in [1.54, 1.807) is 6.07 Å². The molecule has 2 nitrogen and oxygen atoms in total. The molecule has 1 aromatic carbocycles. The van der Waals surface area contributed by atoms with Crippen molar-refractivity contribution in [3.63, 3.8) is 0 Å². The fourth-order valence-electron chi connectivity index (χ4n) is 2.67. The monoisotopic (exact) mass is 255 g/mol. The molecule has 0 heterocycles. The lowest BCUT2D eigenvalue weighted by Gasteiger charge is -2.41. The maximum absolute atomic E-state index is 13.6. The van der Waals surface area contributed by atoms with Gasteiger partial charge in [0.05, 0.1) is 12.7 Å². The van der Waals surface area contributed by atoms with Crippen molar-refractivity contribution in [1.82, 2.24) is 0 Å². The zero-order valence-electron chi connectivity index (χ0n) is 11.0. The second-order valence-corrected chi connectivity index (χ2v) is 5.24. The topological polar surface area (TPSA) is 35.2 Å². The quantitative estimate of drug-likeness (QED) is 0.897. The molecule has 2 rings (SSSR count). The van der Waals surface area contributed by atoms with Crippen LogP contribution in [0.25, 0.3) is 0 Å². The summed E-state index contributed by atoms with van der Waals surface area (Å²) in [7, 11) is 1.43.